The van der Waals surface area contributed by atoms with E-state index in [9.17, 15) is 0 Å². The number of nitrogens with zero attached hydrogens (tertiary/aromatic N) is 1. The molecule has 1 rings (SSSR count). The van der Waals surface area contributed by atoms with E-state index < -0.39 is 0 Å². The number of nitrogens with two attached hydrogens (primary N) is 1. The van der Waals surface area contributed by atoms with Crippen LogP contribution in [0, 0.1) is 0 Å². The molecule has 0 amide bonds. The van der Waals surface area contributed by atoms with Crippen molar-refractivity contribution in [3.8, 4) is 0 Å². The zero-order chi connectivity index (χ0) is 12.0. The van der Waals surface area contributed by atoms with Crippen LogP contribution in [0.15, 0.2) is 33.9 Å². The van der Waals surface area contributed by atoms with E-state index in [4.69, 9.17) is 10.9 Å². The Hall–Kier alpha value is -1.07. The number of amidine groups is 1. The summed E-state index contributed by atoms with van der Waals surface area (Å²) in [7, 11) is 0. The van der Waals surface area contributed by atoms with Crippen LogP contribution in [0.2, 0.25) is 0 Å². The molecule has 1 aromatic carbocycles. The first-order chi connectivity index (χ1) is 7.63. The Morgan fingerprint density at radius 1 is 1.62 bits per heavy atom. The van der Waals surface area contributed by atoms with Crippen molar-refractivity contribution >= 4 is 21.8 Å². The Morgan fingerprint density at radius 2 is 2.38 bits per heavy atom. The molecule has 88 valence electrons. The van der Waals surface area contributed by atoms with Crippen LogP contribution in [-0.4, -0.2) is 17.6 Å². The molecule has 0 bridgehead atoms. The summed E-state index contributed by atoms with van der Waals surface area (Å²) in [4.78, 5) is 0. The Morgan fingerprint density at radius 3 is 3.00 bits per heavy atom. The first kappa shape index (κ1) is 13.0. The van der Waals surface area contributed by atoms with Gasteiger partial charge in [-0.2, -0.15) is 0 Å². The quantitative estimate of drug-likeness (QED) is 0.336. The number of hydrogen-bond donors (Lipinski definition) is 3. The summed E-state index contributed by atoms with van der Waals surface area (Å²) in [5.41, 5.74) is 6.58. The Bertz CT molecular complexity index is 368. The van der Waals surface area contributed by atoms with E-state index in [1.54, 1.807) is 0 Å². The van der Waals surface area contributed by atoms with Gasteiger partial charge in [-0.15, -0.1) is 0 Å². The third-order valence-corrected chi connectivity index (χ3v) is 2.80. The molecule has 4 nitrogen and oxygen atoms in total. The van der Waals surface area contributed by atoms with Crippen LogP contribution in [0.5, 0.6) is 0 Å². The van der Waals surface area contributed by atoms with Crippen LogP contribution >= 0.6 is 15.9 Å². The summed E-state index contributed by atoms with van der Waals surface area (Å²) in [6, 6.07) is 8.37. The molecule has 1 aromatic rings. The average Bonchev–Trinajstić information content (AvgIpc) is 2.28. The van der Waals surface area contributed by atoms with Crippen LogP contribution in [0.25, 0.3) is 0 Å². The molecule has 0 spiro atoms. The number of nitrogens with one attached hydrogen (secondary N) is 1. The standard InChI is InChI=1S/C11H16BrN3O/c1-8(14-6-5-11(13)15-16)9-3-2-4-10(12)7-9/h2-4,7-8,14,16H,5-6H2,1H3,(H2,13,15)/t8-/m1/s1. The van der Waals surface area contributed by atoms with Crippen LogP contribution < -0.4 is 11.1 Å². The van der Waals surface area contributed by atoms with E-state index in [1.807, 2.05) is 12.1 Å². The lowest BCUT2D eigenvalue weighted by molar-refractivity contribution is 0.316. The van der Waals surface area contributed by atoms with Crippen molar-refractivity contribution in [3.63, 3.8) is 0 Å². The first-order valence-electron chi connectivity index (χ1n) is 5.08. The molecule has 0 radical (unpaired) electrons. The van der Waals surface area contributed by atoms with E-state index in [1.165, 1.54) is 5.56 Å². The summed E-state index contributed by atoms with van der Waals surface area (Å²) in [5.74, 6) is 0.244. The van der Waals surface area contributed by atoms with Gasteiger partial charge in [-0.25, -0.2) is 0 Å². The van der Waals surface area contributed by atoms with Crippen molar-refractivity contribution in [2.24, 2.45) is 10.9 Å². The molecule has 0 aliphatic rings. The van der Waals surface area contributed by atoms with Gasteiger partial charge in [0.25, 0.3) is 0 Å². The molecule has 0 saturated carbocycles. The minimum atomic E-state index is 0.240. The first-order valence-corrected chi connectivity index (χ1v) is 5.88. The summed E-state index contributed by atoms with van der Waals surface area (Å²) < 4.78 is 1.06. The van der Waals surface area contributed by atoms with Gasteiger partial charge in [0.2, 0.25) is 0 Å². The van der Waals surface area contributed by atoms with Crippen molar-refractivity contribution in [3.05, 3.63) is 34.3 Å². The highest BCUT2D eigenvalue weighted by atomic mass is 79.9. The lowest BCUT2D eigenvalue weighted by atomic mass is 10.1. The predicted molar refractivity (Wildman–Crippen MR) is 68.6 cm³/mol. The van der Waals surface area contributed by atoms with Crippen LogP contribution in [0.4, 0.5) is 0 Å². The molecule has 0 saturated heterocycles. The fourth-order valence-corrected chi connectivity index (χ4v) is 1.78. The topological polar surface area (TPSA) is 70.6 Å². The highest BCUT2D eigenvalue weighted by Crippen LogP contribution is 2.17. The zero-order valence-corrected chi connectivity index (χ0v) is 10.7. The monoisotopic (exact) mass is 285 g/mol. The number of benzene rings is 1. The minimum absolute atomic E-state index is 0.240. The van der Waals surface area contributed by atoms with Crippen LogP contribution in [0.1, 0.15) is 24.9 Å². The molecular formula is C11H16BrN3O. The fourth-order valence-electron chi connectivity index (χ4n) is 1.36. The second-order valence-electron chi connectivity index (χ2n) is 3.57. The second kappa shape index (κ2) is 6.50. The number of rotatable bonds is 5. The number of oxime groups is 1. The Kier molecular flexibility index (Phi) is 5.28. The molecule has 0 fully saturated rings. The van der Waals surface area contributed by atoms with E-state index >= 15 is 0 Å². The van der Waals surface area contributed by atoms with Crippen molar-refractivity contribution < 1.29 is 5.21 Å². The molecule has 0 aliphatic carbocycles. The van der Waals surface area contributed by atoms with E-state index in [0.29, 0.717) is 13.0 Å². The summed E-state index contributed by atoms with van der Waals surface area (Å²) in [6.07, 6.45) is 0.537. The van der Waals surface area contributed by atoms with E-state index in [0.717, 1.165) is 4.47 Å². The number of halogens is 1. The second-order valence-corrected chi connectivity index (χ2v) is 4.49. The highest BCUT2D eigenvalue weighted by Gasteiger charge is 2.04. The maximum atomic E-state index is 8.38. The van der Waals surface area contributed by atoms with Crippen molar-refractivity contribution in [2.45, 2.75) is 19.4 Å². The largest absolute Gasteiger partial charge is 0.409 e. The lowest BCUT2D eigenvalue weighted by Gasteiger charge is -2.14. The van der Waals surface area contributed by atoms with E-state index in [2.05, 4.69) is 45.5 Å². The van der Waals surface area contributed by atoms with Gasteiger partial charge in [-0.3, -0.25) is 0 Å². The van der Waals surface area contributed by atoms with Gasteiger partial charge in [-0.05, 0) is 24.6 Å². The molecule has 0 heterocycles. The van der Waals surface area contributed by atoms with Gasteiger partial charge in [0.05, 0.1) is 0 Å². The minimum Gasteiger partial charge on any atom is -0.409 e. The smallest absolute Gasteiger partial charge is 0.140 e. The Balaban J connectivity index is 2.44. The molecule has 4 N–H and O–H groups in total. The predicted octanol–water partition coefficient (Wildman–Crippen LogP) is 2.24. The third-order valence-electron chi connectivity index (χ3n) is 2.31. The summed E-state index contributed by atoms with van der Waals surface area (Å²) in [6.45, 7) is 2.76. The molecule has 0 aromatic heterocycles. The third kappa shape index (κ3) is 4.20. The van der Waals surface area contributed by atoms with E-state index in [-0.39, 0.29) is 11.9 Å². The molecule has 5 heteroatoms. The van der Waals surface area contributed by atoms with Crippen molar-refractivity contribution in [1.29, 1.82) is 0 Å². The molecular weight excluding hydrogens is 270 g/mol. The maximum absolute atomic E-state index is 8.38. The van der Waals surface area contributed by atoms with Crippen molar-refractivity contribution in [2.75, 3.05) is 6.54 Å². The summed E-state index contributed by atoms with van der Waals surface area (Å²) in [5, 5.41) is 14.6. The van der Waals surface area contributed by atoms with Crippen LogP contribution in [0.3, 0.4) is 0 Å². The maximum Gasteiger partial charge on any atom is 0.140 e. The van der Waals surface area contributed by atoms with Gasteiger partial charge in [0, 0.05) is 23.5 Å². The lowest BCUT2D eigenvalue weighted by Crippen LogP contribution is -2.24. The molecule has 0 unspecified atom stereocenters. The molecule has 1 atom stereocenters. The van der Waals surface area contributed by atoms with Gasteiger partial charge in [0.15, 0.2) is 0 Å². The number of hydrogen-bond acceptors (Lipinski definition) is 3. The normalized spacial score (nSPS) is 13.8. The highest BCUT2D eigenvalue weighted by molar-refractivity contribution is 9.10. The van der Waals surface area contributed by atoms with Gasteiger partial charge in [-0.1, -0.05) is 33.2 Å². The van der Waals surface area contributed by atoms with Gasteiger partial charge in [0.1, 0.15) is 5.84 Å². The average molecular weight is 286 g/mol. The van der Waals surface area contributed by atoms with Crippen LogP contribution in [-0.2, 0) is 0 Å². The van der Waals surface area contributed by atoms with Crippen molar-refractivity contribution in [1.82, 2.24) is 5.32 Å². The zero-order valence-electron chi connectivity index (χ0n) is 9.15. The molecule has 0 aliphatic heterocycles. The van der Waals surface area contributed by atoms with Gasteiger partial charge < -0.3 is 16.3 Å². The molecule has 16 heavy (non-hydrogen) atoms. The summed E-state index contributed by atoms with van der Waals surface area (Å²) >= 11 is 3.43. The van der Waals surface area contributed by atoms with Gasteiger partial charge >= 0.3 is 0 Å². The Labute approximate surface area is 104 Å². The SMILES string of the molecule is C[C@@H](NCC/C(N)=N/O)c1cccc(Br)c1. The fraction of sp³-hybridized carbons (Fsp3) is 0.364.